The van der Waals surface area contributed by atoms with Crippen LogP contribution in [0, 0.1) is 0 Å². The minimum absolute atomic E-state index is 0.334. The fourth-order valence-electron chi connectivity index (χ4n) is 3.55. The van der Waals surface area contributed by atoms with Gasteiger partial charge in [-0.2, -0.15) is 0 Å². The van der Waals surface area contributed by atoms with Gasteiger partial charge >= 0.3 is 11.9 Å². The van der Waals surface area contributed by atoms with Gasteiger partial charge in [0.25, 0.3) is 0 Å². The Bertz CT molecular complexity index is 1010. The number of rotatable bonds is 9. The molecule has 0 amide bonds. The number of hydrogen-bond acceptors (Lipinski definition) is 6. The highest BCUT2D eigenvalue weighted by molar-refractivity contribution is 5.86. The van der Waals surface area contributed by atoms with Gasteiger partial charge in [0.05, 0.1) is 20.3 Å². The minimum atomic E-state index is -1.11. The molecule has 0 radical (unpaired) electrons. The van der Waals surface area contributed by atoms with Gasteiger partial charge in [-0.15, -0.1) is 0 Å². The summed E-state index contributed by atoms with van der Waals surface area (Å²) in [5.41, 5.74) is 1.53. The van der Waals surface area contributed by atoms with Crippen molar-refractivity contribution in [2.24, 2.45) is 0 Å². The van der Waals surface area contributed by atoms with Crippen LogP contribution in [0.3, 0.4) is 0 Å². The maximum absolute atomic E-state index is 12.2. The average Bonchev–Trinajstić information content (AvgIpc) is 3.12. The van der Waals surface area contributed by atoms with Crippen LogP contribution in [-0.2, 0) is 9.59 Å². The minimum Gasteiger partial charge on any atom is -0.493 e. The molecule has 0 aromatic heterocycles. The van der Waals surface area contributed by atoms with Gasteiger partial charge in [0, 0.05) is 11.6 Å². The summed E-state index contributed by atoms with van der Waals surface area (Å²) in [4.78, 5) is 23.1. The first-order valence-corrected chi connectivity index (χ1v) is 9.81. The van der Waals surface area contributed by atoms with Crippen LogP contribution in [0.25, 0.3) is 6.08 Å². The smallest absolute Gasteiger partial charge is 0.328 e. The molecule has 164 valence electrons. The number of methoxy groups -OCH3 is 1. The van der Waals surface area contributed by atoms with E-state index >= 15 is 0 Å². The zero-order valence-electron chi connectivity index (χ0n) is 17.5. The van der Waals surface area contributed by atoms with Crippen molar-refractivity contribution in [1.82, 2.24) is 0 Å². The molecule has 2 atom stereocenters. The largest absolute Gasteiger partial charge is 0.493 e. The molecule has 0 saturated heterocycles. The van der Waals surface area contributed by atoms with E-state index in [2.05, 4.69) is 0 Å². The van der Waals surface area contributed by atoms with Crippen molar-refractivity contribution in [1.29, 1.82) is 0 Å². The Labute approximate surface area is 179 Å². The average molecular weight is 428 g/mol. The third-order valence-corrected chi connectivity index (χ3v) is 4.79. The highest BCUT2D eigenvalue weighted by atomic mass is 16.5. The van der Waals surface area contributed by atoms with Crippen LogP contribution in [0.5, 0.6) is 23.0 Å². The fraction of sp³-hybridized carbons (Fsp3) is 0.304. The van der Waals surface area contributed by atoms with Gasteiger partial charge in [-0.1, -0.05) is 6.07 Å². The number of ether oxygens (including phenoxy) is 4. The van der Waals surface area contributed by atoms with Crippen molar-refractivity contribution in [3.05, 3.63) is 53.1 Å². The van der Waals surface area contributed by atoms with E-state index in [4.69, 9.17) is 24.1 Å². The Kier molecular flexibility index (Phi) is 6.69. The first kappa shape index (κ1) is 22.0. The second-order valence-electron chi connectivity index (χ2n) is 6.74. The predicted molar refractivity (Wildman–Crippen MR) is 112 cm³/mol. The summed E-state index contributed by atoms with van der Waals surface area (Å²) in [7, 11) is 1.53. The summed E-state index contributed by atoms with van der Waals surface area (Å²) >= 11 is 0. The Balaban J connectivity index is 2.10. The Morgan fingerprint density at radius 2 is 1.74 bits per heavy atom. The monoisotopic (exact) mass is 428 g/mol. The lowest BCUT2D eigenvalue weighted by Gasteiger charge is -2.18. The summed E-state index contributed by atoms with van der Waals surface area (Å²) in [6.45, 7) is 4.39. The molecule has 2 N–H and O–H groups in total. The molecule has 0 bridgehead atoms. The SMILES string of the molecule is CCOc1cc(C2Oc3c(OCC)cc(/C=C/C(=O)O)cc3C2C(=O)O)ccc1OC. The van der Waals surface area contributed by atoms with E-state index < -0.39 is 24.0 Å². The number of carboxylic acid groups (broad SMARTS) is 2. The lowest BCUT2D eigenvalue weighted by Crippen LogP contribution is -2.18. The van der Waals surface area contributed by atoms with Crippen LogP contribution in [0.15, 0.2) is 36.4 Å². The van der Waals surface area contributed by atoms with Crippen molar-refractivity contribution in [3.63, 3.8) is 0 Å². The van der Waals surface area contributed by atoms with Gasteiger partial charge in [0.2, 0.25) is 0 Å². The summed E-state index contributed by atoms with van der Waals surface area (Å²) in [5, 5.41) is 18.9. The number of benzene rings is 2. The highest BCUT2D eigenvalue weighted by Gasteiger charge is 2.43. The Hall–Kier alpha value is -3.68. The number of aliphatic carboxylic acids is 2. The molecule has 1 aliphatic rings. The first-order chi connectivity index (χ1) is 14.9. The summed E-state index contributed by atoms with van der Waals surface area (Å²) in [6.07, 6.45) is 1.55. The van der Waals surface area contributed by atoms with Crippen molar-refractivity contribution in [2.45, 2.75) is 25.9 Å². The Morgan fingerprint density at radius 3 is 2.35 bits per heavy atom. The van der Waals surface area contributed by atoms with Gasteiger partial charge in [0.15, 0.2) is 23.0 Å². The van der Waals surface area contributed by atoms with Crippen LogP contribution in [-0.4, -0.2) is 42.5 Å². The molecule has 0 saturated carbocycles. The summed E-state index contributed by atoms with van der Waals surface area (Å²) in [5.74, 6) is -1.48. The molecule has 0 aliphatic carbocycles. The van der Waals surface area contributed by atoms with E-state index in [-0.39, 0.29) is 0 Å². The molecule has 0 spiro atoms. The van der Waals surface area contributed by atoms with Crippen molar-refractivity contribution in [3.8, 4) is 23.0 Å². The topological polar surface area (TPSA) is 112 Å². The standard InChI is InChI=1S/C23H24O8/c1-4-29-17-12-14(7-8-16(17)28-3)21-20(23(26)27)15-10-13(6-9-19(24)25)11-18(30-5-2)22(15)31-21/h6-12,20-21H,4-5H2,1-3H3,(H,24,25)(H,26,27)/b9-6+. The zero-order chi connectivity index (χ0) is 22.5. The van der Waals surface area contributed by atoms with Crippen LogP contribution >= 0.6 is 0 Å². The van der Waals surface area contributed by atoms with Gasteiger partial charge in [-0.25, -0.2) is 4.79 Å². The van der Waals surface area contributed by atoms with E-state index in [0.717, 1.165) is 6.08 Å². The van der Waals surface area contributed by atoms with Crippen LogP contribution in [0.2, 0.25) is 0 Å². The third-order valence-electron chi connectivity index (χ3n) is 4.79. The molecule has 1 aliphatic heterocycles. The van der Waals surface area contributed by atoms with Crippen molar-refractivity contribution < 1.29 is 38.7 Å². The lowest BCUT2D eigenvalue weighted by atomic mass is 9.90. The summed E-state index contributed by atoms with van der Waals surface area (Å²) in [6, 6.07) is 8.39. The zero-order valence-corrected chi connectivity index (χ0v) is 17.5. The molecule has 3 rings (SSSR count). The lowest BCUT2D eigenvalue weighted by molar-refractivity contribution is -0.140. The maximum atomic E-state index is 12.2. The van der Waals surface area contributed by atoms with Gasteiger partial charge in [0.1, 0.15) is 12.0 Å². The number of carboxylic acids is 2. The van der Waals surface area contributed by atoms with Crippen LogP contribution < -0.4 is 18.9 Å². The Morgan fingerprint density at radius 1 is 1.03 bits per heavy atom. The normalized spacial score (nSPS) is 17.1. The van der Waals surface area contributed by atoms with Crippen LogP contribution in [0.1, 0.15) is 42.6 Å². The number of carbonyl (C=O) groups is 2. The molecule has 2 aromatic carbocycles. The number of hydrogen-bond donors (Lipinski definition) is 2. The number of fused-ring (bicyclic) bond motifs is 1. The molecular weight excluding hydrogens is 404 g/mol. The molecular formula is C23H24O8. The second-order valence-corrected chi connectivity index (χ2v) is 6.74. The summed E-state index contributed by atoms with van der Waals surface area (Å²) < 4.78 is 22.7. The van der Waals surface area contributed by atoms with Crippen molar-refractivity contribution >= 4 is 18.0 Å². The van der Waals surface area contributed by atoms with Crippen molar-refractivity contribution in [2.75, 3.05) is 20.3 Å². The van der Waals surface area contributed by atoms with Gasteiger partial charge in [-0.3, -0.25) is 4.79 Å². The van der Waals surface area contributed by atoms with Gasteiger partial charge < -0.3 is 29.2 Å². The highest BCUT2D eigenvalue weighted by Crippen LogP contribution is 2.52. The fourth-order valence-corrected chi connectivity index (χ4v) is 3.55. The molecule has 1 heterocycles. The quantitative estimate of drug-likeness (QED) is 0.579. The van der Waals surface area contributed by atoms with Crippen LogP contribution in [0.4, 0.5) is 0 Å². The third kappa shape index (κ3) is 4.58. The second kappa shape index (κ2) is 9.42. The predicted octanol–water partition coefficient (Wildman–Crippen LogP) is 3.89. The van der Waals surface area contributed by atoms with E-state index in [1.54, 1.807) is 37.3 Å². The van der Waals surface area contributed by atoms with E-state index in [9.17, 15) is 14.7 Å². The molecule has 2 aromatic rings. The molecule has 2 unspecified atom stereocenters. The molecule has 0 fully saturated rings. The van der Waals surface area contributed by atoms with E-state index in [1.165, 1.54) is 13.2 Å². The maximum Gasteiger partial charge on any atom is 0.328 e. The van der Waals surface area contributed by atoms with E-state index in [0.29, 0.717) is 52.9 Å². The molecule has 8 nitrogen and oxygen atoms in total. The molecule has 31 heavy (non-hydrogen) atoms. The van der Waals surface area contributed by atoms with Gasteiger partial charge in [-0.05, 0) is 55.3 Å². The first-order valence-electron chi connectivity index (χ1n) is 9.81. The van der Waals surface area contributed by atoms with E-state index in [1.807, 2.05) is 6.92 Å². The molecule has 8 heteroatoms.